The highest BCUT2D eigenvalue weighted by Crippen LogP contribution is 1.89. The summed E-state index contributed by atoms with van der Waals surface area (Å²) in [6.07, 6.45) is -1.73. The Balaban J connectivity index is 0. The molecule has 0 saturated heterocycles. The summed E-state index contributed by atoms with van der Waals surface area (Å²) in [5, 5.41) is 34.3. The van der Waals surface area contributed by atoms with Gasteiger partial charge >= 0.3 is 6.16 Å². The van der Waals surface area contributed by atoms with Gasteiger partial charge in [-0.15, -0.1) is 0 Å². The van der Waals surface area contributed by atoms with Crippen LogP contribution in [0.5, 0.6) is 0 Å². The molecule has 0 heterocycles. The predicted molar refractivity (Wildman–Crippen MR) is 46.4 cm³/mol. The number of carbonyl (C=O) groups is 1. The van der Waals surface area contributed by atoms with Gasteiger partial charge in [-0.05, 0) is 12.8 Å². The number of nitrogens with one attached hydrogen (secondary N) is 1. The van der Waals surface area contributed by atoms with Crippen LogP contribution in [-0.2, 0) is 0 Å². The highest BCUT2D eigenvalue weighted by molar-refractivity contribution is 5.53. The number of hydrogen-bond donors (Lipinski definition) is 5. The maximum atomic E-state index is 8.89. The summed E-state index contributed by atoms with van der Waals surface area (Å²) in [5.74, 6) is 0. The third-order valence-corrected chi connectivity index (χ3v) is 1.16. The van der Waals surface area contributed by atoms with E-state index in [1.165, 1.54) is 0 Å². The molecule has 0 fully saturated rings. The van der Waals surface area contributed by atoms with E-state index in [0.29, 0.717) is 12.8 Å². The second-order valence-corrected chi connectivity index (χ2v) is 2.30. The lowest BCUT2D eigenvalue weighted by Crippen LogP contribution is -2.37. The minimum absolute atomic E-state index is 0.569. The van der Waals surface area contributed by atoms with Gasteiger partial charge in [0.2, 0.25) is 0 Å². The molecule has 0 aromatic carbocycles. The second-order valence-electron chi connectivity index (χ2n) is 2.30. The highest BCUT2D eigenvalue weighted by atomic mass is 16.6. The van der Waals surface area contributed by atoms with Crippen LogP contribution in [0, 0.1) is 0 Å². The van der Waals surface area contributed by atoms with E-state index in [-0.39, 0.29) is 0 Å². The van der Waals surface area contributed by atoms with Crippen molar-refractivity contribution in [2.24, 2.45) is 0 Å². The standard InChI is InChI=1S/C6H15NO2.CH2O3/c1-3-5(8)7-6(9)4-2;2-1(3)4/h5-9H,3-4H2,1-2H3;(H2,2,3,4). The van der Waals surface area contributed by atoms with E-state index in [1.807, 2.05) is 13.8 Å². The maximum Gasteiger partial charge on any atom is 0.503 e. The minimum atomic E-state index is -1.83. The van der Waals surface area contributed by atoms with Gasteiger partial charge in [0, 0.05) is 0 Å². The van der Waals surface area contributed by atoms with Crippen molar-refractivity contribution in [3.05, 3.63) is 0 Å². The van der Waals surface area contributed by atoms with Crippen molar-refractivity contribution in [3.63, 3.8) is 0 Å². The summed E-state index contributed by atoms with van der Waals surface area (Å²) in [4.78, 5) is 8.56. The minimum Gasteiger partial charge on any atom is -0.450 e. The predicted octanol–water partition coefficient (Wildman–Crippen LogP) is 0.255. The molecule has 5 N–H and O–H groups in total. The summed E-state index contributed by atoms with van der Waals surface area (Å²) in [7, 11) is 0. The molecular weight excluding hydrogens is 178 g/mol. The van der Waals surface area contributed by atoms with Crippen LogP contribution in [0.4, 0.5) is 4.79 Å². The van der Waals surface area contributed by atoms with Crippen LogP contribution >= 0.6 is 0 Å². The van der Waals surface area contributed by atoms with Crippen molar-refractivity contribution in [1.82, 2.24) is 5.32 Å². The van der Waals surface area contributed by atoms with Gasteiger partial charge in [-0.25, -0.2) is 4.79 Å². The van der Waals surface area contributed by atoms with Crippen molar-refractivity contribution < 1.29 is 25.2 Å². The van der Waals surface area contributed by atoms with E-state index in [4.69, 9.17) is 25.2 Å². The van der Waals surface area contributed by atoms with Gasteiger partial charge in [0.15, 0.2) is 0 Å². The molecule has 6 nitrogen and oxygen atoms in total. The first-order valence-electron chi connectivity index (χ1n) is 3.98. The number of hydrogen-bond acceptors (Lipinski definition) is 4. The van der Waals surface area contributed by atoms with Crippen LogP contribution in [0.25, 0.3) is 0 Å². The quantitative estimate of drug-likeness (QED) is 0.411. The smallest absolute Gasteiger partial charge is 0.450 e. The van der Waals surface area contributed by atoms with Crippen molar-refractivity contribution in [3.8, 4) is 0 Å². The molecule has 80 valence electrons. The Bertz CT molecular complexity index is 118. The first-order valence-corrected chi connectivity index (χ1v) is 3.98. The molecule has 0 amide bonds. The zero-order valence-electron chi connectivity index (χ0n) is 7.77. The van der Waals surface area contributed by atoms with Gasteiger partial charge in [0.1, 0.15) is 12.5 Å². The summed E-state index contributed by atoms with van der Waals surface area (Å²) in [5.41, 5.74) is 0. The molecule has 6 heteroatoms. The lowest BCUT2D eigenvalue weighted by Gasteiger charge is -2.14. The van der Waals surface area contributed by atoms with Crippen molar-refractivity contribution in [2.45, 2.75) is 39.1 Å². The van der Waals surface area contributed by atoms with E-state index < -0.39 is 18.6 Å². The Morgan fingerprint density at radius 1 is 1.15 bits per heavy atom. The summed E-state index contributed by atoms with van der Waals surface area (Å²) in [6.45, 7) is 3.69. The molecule has 0 saturated carbocycles. The topological polar surface area (TPSA) is 110 Å². The average Bonchev–Trinajstić information content (AvgIpc) is 2.03. The molecule has 13 heavy (non-hydrogen) atoms. The Hall–Kier alpha value is -0.850. The Morgan fingerprint density at radius 2 is 1.38 bits per heavy atom. The zero-order chi connectivity index (χ0) is 10.9. The Labute approximate surface area is 76.8 Å². The van der Waals surface area contributed by atoms with Gasteiger partial charge in [0.25, 0.3) is 0 Å². The third-order valence-electron chi connectivity index (χ3n) is 1.16. The fraction of sp³-hybridized carbons (Fsp3) is 0.857. The van der Waals surface area contributed by atoms with Gasteiger partial charge in [-0.2, -0.15) is 0 Å². The fourth-order valence-electron chi connectivity index (χ4n) is 0.458. The normalized spacial score (nSPS) is 13.8. The maximum absolute atomic E-state index is 8.89. The van der Waals surface area contributed by atoms with Crippen LogP contribution in [-0.4, -0.2) is 39.0 Å². The molecule has 0 spiro atoms. The molecular formula is C7H17NO5. The molecule has 0 aromatic heterocycles. The van der Waals surface area contributed by atoms with Crippen LogP contribution < -0.4 is 5.32 Å². The molecule has 0 rings (SSSR count). The molecule has 2 atom stereocenters. The van der Waals surface area contributed by atoms with Crippen molar-refractivity contribution in [2.75, 3.05) is 0 Å². The monoisotopic (exact) mass is 195 g/mol. The highest BCUT2D eigenvalue weighted by Gasteiger charge is 2.03. The molecule has 0 aliphatic rings. The number of aliphatic hydroxyl groups is 2. The van der Waals surface area contributed by atoms with Gasteiger partial charge in [-0.3, -0.25) is 5.32 Å². The molecule has 2 unspecified atom stereocenters. The average molecular weight is 195 g/mol. The molecule has 0 bridgehead atoms. The Kier molecular flexibility index (Phi) is 10.4. The summed E-state index contributed by atoms with van der Waals surface area (Å²) in [6, 6.07) is 0. The number of rotatable bonds is 4. The largest absolute Gasteiger partial charge is 0.503 e. The fourth-order valence-corrected chi connectivity index (χ4v) is 0.458. The SMILES string of the molecule is CCC(O)NC(O)CC.O=C(O)O. The van der Waals surface area contributed by atoms with Crippen LogP contribution in [0.1, 0.15) is 26.7 Å². The summed E-state index contributed by atoms with van der Waals surface area (Å²) < 4.78 is 0. The lowest BCUT2D eigenvalue weighted by molar-refractivity contribution is 0.0387. The molecule has 0 aliphatic heterocycles. The van der Waals surface area contributed by atoms with Crippen LogP contribution in [0.15, 0.2) is 0 Å². The number of aliphatic hydroxyl groups excluding tert-OH is 2. The molecule has 0 radical (unpaired) electrons. The summed E-state index contributed by atoms with van der Waals surface area (Å²) >= 11 is 0. The van der Waals surface area contributed by atoms with E-state index in [1.54, 1.807) is 0 Å². The van der Waals surface area contributed by atoms with Crippen molar-refractivity contribution >= 4 is 6.16 Å². The van der Waals surface area contributed by atoms with Gasteiger partial charge < -0.3 is 20.4 Å². The number of carboxylic acid groups (broad SMARTS) is 2. The molecule has 0 aromatic rings. The second kappa shape index (κ2) is 9.24. The van der Waals surface area contributed by atoms with Gasteiger partial charge in [-0.1, -0.05) is 13.8 Å². The lowest BCUT2D eigenvalue weighted by atomic mass is 10.3. The van der Waals surface area contributed by atoms with E-state index >= 15 is 0 Å². The van der Waals surface area contributed by atoms with E-state index in [9.17, 15) is 0 Å². The first-order chi connectivity index (χ1) is 5.93. The zero-order valence-corrected chi connectivity index (χ0v) is 7.77. The van der Waals surface area contributed by atoms with Crippen LogP contribution in [0.3, 0.4) is 0 Å². The van der Waals surface area contributed by atoms with Crippen LogP contribution in [0.2, 0.25) is 0 Å². The Morgan fingerprint density at radius 3 is 1.54 bits per heavy atom. The molecule has 0 aliphatic carbocycles. The first kappa shape index (κ1) is 14.7. The third kappa shape index (κ3) is 18.3. The van der Waals surface area contributed by atoms with Gasteiger partial charge in [0.05, 0.1) is 0 Å². The van der Waals surface area contributed by atoms with E-state index in [2.05, 4.69) is 5.32 Å². The van der Waals surface area contributed by atoms with E-state index in [0.717, 1.165) is 0 Å². The van der Waals surface area contributed by atoms with Crippen molar-refractivity contribution in [1.29, 1.82) is 0 Å².